The van der Waals surface area contributed by atoms with Crippen molar-refractivity contribution in [2.75, 3.05) is 0 Å². The van der Waals surface area contributed by atoms with Gasteiger partial charge in [0.25, 0.3) is 0 Å². The molecule has 0 bridgehead atoms. The predicted octanol–water partition coefficient (Wildman–Crippen LogP) is 11.2. The van der Waals surface area contributed by atoms with Crippen LogP contribution in [0.2, 0.25) is 0 Å². The van der Waals surface area contributed by atoms with E-state index >= 15 is 0 Å². The summed E-state index contributed by atoms with van der Waals surface area (Å²) in [7, 11) is 0. The van der Waals surface area contributed by atoms with Crippen LogP contribution >= 0.6 is 0 Å². The maximum absolute atomic E-state index is 5.15. The smallest absolute Gasteiger partial charge is 0.164 e. The van der Waals surface area contributed by atoms with Gasteiger partial charge in [-0.05, 0) is 78.5 Å². The molecule has 0 radical (unpaired) electrons. The molecule has 3 nitrogen and oxygen atoms in total. The molecular formula is C43H27N3. The molecule has 9 aromatic rings. The minimum absolute atomic E-state index is 0.654. The summed E-state index contributed by atoms with van der Waals surface area (Å²) in [5, 5.41) is 9.50. The topological polar surface area (TPSA) is 38.7 Å². The van der Waals surface area contributed by atoms with Gasteiger partial charge in [-0.15, -0.1) is 0 Å². The molecule has 0 aliphatic rings. The Balaban J connectivity index is 1.25. The Morgan fingerprint density at radius 3 is 1.61 bits per heavy atom. The van der Waals surface area contributed by atoms with Crippen molar-refractivity contribution in [2.24, 2.45) is 0 Å². The fourth-order valence-corrected chi connectivity index (χ4v) is 6.53. The lowest BCUT2D eigenvalue weighted by molar-refractivity contribution is 1.08. The summed E-state index contributed by atoms with van der Waals surface area (Å²) < 4.78 is 0. The van der Waals surface area contributed by atoms with Crippen molar-refractivity contribution in [1.29, 1.82) is 0 Å². The van der Waals surface area contributed by atoms with E-state index in [2.05, 4.69) is 146 Å². The lowest BCUT2D eigenvalue weighted by atomic mass is 9.94. The van der Waals surface area contributed by atoms with Crippen LogP contribution in [0.5, 0.6) is 0 Å². The second-order valence-corrected chi connectivity index (χ2v) is 11.7. The van der Waals surface area contributed by atoms with E-state index in [1.54, 1.807) is 0 Å². The SMILES string of the molecule is c1ccc(-c2nc(-c3ccc4cc5ccccc5cc4c3)nc(-c3cccc4ccc(-c5cccc6ccccc56)cc34)n2)cc1. The average Bonchev–Trinajstić information content (AvgIpc) is 3.13. The molecule has 0 unspecified atom stereocenters. The van der Waals surface area contributed by atoms with Gasteiger partial charge in [-0.1, -0.05) is 140 Å². The standard InChI is InChI=1S/C43H27N3/c1-2-11-30(12-3-1)41-44-42(35-23-21-33-24-31-13-4-5-14-32(31)25-36(33)26-35)46-43(45-41)39-19-9-16-29-20-22-34(27-40(29)39)38-18-8-15-28-10-6-7-17-37(28)38/h1-27H. The van der Waals surface area contributed by atoms with Gasteiger partial charge >= 0.3 is 0 Å². The van der Waals surface area contributed by atoms with E-state index in [1.807, 2.05) is 18.2 Å². The van der Waals surface area contributed by atoms with Crippen LogP contribution in [-0.4, -0.2) is 15.0 Å². The molecule has 8 aromatic carbocycles. The first-order valence-corrected chi connectivity index (χ1v) is 15.5. The molecule has 0 aliphatic heterocycles. The van der Waals surface area contributed by atoms with Crippen molar-refractivity contribution in [3.8, 4) is 45.3 Å². The molecule has 3 heteroatoms. The van der Waals surface area contributed by atoms with Crippen LogP contribution in [0.25, 0.3) is 88.4 Å². The van der Waals surface area contributed by atoms with Gasteiger partial charge in [-0.3, -0.25) is 0 Å². The molecule has 0 spiro atoms. The molecule has 0 N–H and O–H groups in total. The van der Waals surface area contributed by atoms with Crippen LogP contribution < -0.4 is 0 Å². The van der Waals surface area contributed by atoms with E-state index in [0.29, 0.717) is 17.5 Å². The van der Waals surface area contributed by atoms with E-state index in [9.17, 15) is 0 Å². The fraction of sp³-hybridized carbons (Fsp3) is 0. The zero-order valence-electron chi connectivity index (χ0n) is 24.9. The Kier molecular flexibility index (Phi) is 6.14. The van der Waals surface area contributed by atoms with Gasteiger partial charge in [0.05, 0.1) is 0 Å². The first kappa shape index (κ1) is 26.2. The number of hydrogen-bond donors (Lipinski definition) is 0. The highest BCUT2D eigenvalue weighted by atomic mass is 15.0. The lowest BCUT2D eigenvalue weighted by Crippen LogP contribution is -2.00. The summed E-state index contributed by atoms with van der Waals surface area (Å²) in [6.45, 7) is 0. The number of rotatable bonds is 4. The van der Waals surface area contributed by atoms with E-state index in [0.717, 1.165) is 38.4 Å². The van der Waals surface area contributed by atoms with Gasteiger partial charge < -0.3 is 0 Å². The molecule has 0 aliphatic carbocycles. The molecule has 1 heterocycles. The lowest BCUT2D eigenvalue weighted by Gasteiger charge is -2.13. The van der Waals surface area contributed by atoms with Gasteiger partial charge in [0.2, 0.25) is 0 Å². The molecule has 46 heavy (non-hydrogen) atoms. The number of hydrogen-bond acceptors (Lipinski definition) is 3. The van der Waals surface area contributed by atoms with Crippen LogP contribution in [0.15, 0.2) is 164 Å². The normalized spacial score (nSPS) is 11.5. The van der Waals surface area contributed by atoms with Crippen LogP contribution in [0.1, 0.15) is 0 Å². The minimum Gasteiger partial charge on any atom is -0.208 e. The van der Waals surface area contributed by atoms with E-state index in [1.165, 1.54) is 32.5 Å². The fourth-order valence-electron chi connectivity index (χ4n) is 6.53. The monoisotopic (exact) mass is 585 g/mol. The largest absolute Gasteiger partial charge is 0.208 e. The minimum atomic E-state index is 0.654. The van der Waals surface area contributed by atoms with Gasteiger partial charge in [-0.2, -0.15) is 0 Å². The van der Waals surface area contributed by atoms with Gasteiger partial charge in [0.15, 0.2) is 17.5 Å². The van der Waals surface area contributed by atoms with E-state index < -0.39 is 0 Å². The maximum Gasteiger partial charge on any atom is 0.164 e. The zero-order valence-corrected chi connectivity index (χ0v) is 24.9. The van der Waals surface area contributed by atoms with Crippen molar-refractivity contribution in [2.45, 2.75) is 0 Å². The van der Waals surface area contributed by atoms with Crippen molar-refractivity contribution in [3.05, 3.63) is 164 Å². The maximum atomic E-state index is 5.15. The molecule has 0 amide bonds. The first-order valence-electron chi connectivity index (χ1n) is 15.5. The highest BCUT2D eigenvalue weighted by Gasteiger charge is 2.16. The second kappa shape index (κ2) is 10.8. The van der Waals surface area contributed by atoms with Crippen molar-refractivity contribution < 1.29 is 0 Å². The summed E-state index contributed by atoms with van der Waals surface area (Å²) in [6.07, 6.45) is 0. The second-order valence-electron chi connectivity index (χ2n) is 11.7. The van der Waals surface area contributed by atoms with E-state index in [4.69, 9.17) is 15.0 Å². The molecular weight excluding hydrogens is 558 g/mol. The third kappa shape index (κ3) is 4.58. The third-order valence-corrected chi connectivity index (χ3v) is 8.85. The number of aromatic nitrogens is 3. The number of benzene rings is 8. The average molecular weight is 586 g/mol. The molecule has 9 rings (SSSR count). The number of nitrogens with zero attached hydrogens (tertiary/aromatic N) is 3. The Hall–Kier alpha value is -6.19. The van der Waals surface area contributed by atoms with Crippen LogP contribution in [-0.2, 0) is 0 Å². The molecule has 0 saturated carbocycles. The summed E-state index contributed by atoms with van der Waals surface area (Å²) in [5.74, 6) is 1.96. The van der Waals surface area contributed by atoms with Gasteiger partial charge in [0, 0.05) is 16.7 Å². The predicted molar refractivity (Wildman–Crippen MR) is 192 cm³/mol. The summed E-state index contributed by atoms with van der Waals surface area (Å²) in [5.41, 5.74) is 5.26. The van der Waals surface area contributed by atoms with Crippen molar-refractivity contribution >= 4 is 43.1 Å². The molecule has 0 saturated heterocycles. The Morgan fingerprint density at radius 2 is 0.804 bits per heavy atom. The zero-order chi connectivity index (χ0) is 30.5. The van der Waals surface area contributed by atoms with Crippen molar-refractivity contribution in [3.63, 3.8) is 0 Å². The molecule has 1 aromatic heterocycles. The van der Waals surface area contributed by atoms with Crippen LogP contribution in [0.3, 0.4) is 0 Å². The highest BCUT2D eigenvalue weighted by Crippen LogP contribution is 2.35. The van der Waals surface area contributed by atoms with Crippen LogP contribution in [0, 0.1) is 0 Å². The quantitative estimate of drug-likeness (QED) is 0.193. The van der Waals surface area contributed by atoms with Crippen molar-refractivity contribution in [1.82, 2.24) is 15.0 Å². The Labute approximate surface area is 266 Å². The Morgan fingerprint density at radius 1 is 0.261 bits per heavy atom. The highest BCUT2D eigenvalue weighted by molar-refractivity contribution is 6.03. The van der Waals surface area contributed by atoms with E-state index in [-0.39, 0.29) is 0 Å². The Bertz CT molecular complexity index is 2580. The molecule has 0 fully saturated rings. The number of fused-ring (bicyclic) bond motifs is 4. The molecule has 0 atom stereocenters. The summed E-state index contributed by atoms with van der Waals surface area (Å²) in [4.78, 5) is 15.3. The first-order chi connectivity index (χ1) is 22.8. The summed E-state index contributed by atoms with van der Waals surface area (Å²) >= 11 is 0. The van der Waals surface area contributed by atoms with Gasteiger partial charge in [0.1, 0.15) is 0 Å². The third-order valence-electron chi connectivity index (χ3n) is 8.85. The summed E-state index contributed by atoms with van der Waals surface area (Å²) in [6, 6.07) is 57.7. The van der Waals surface area contributed by atoms with Crippen LogP contribution in [0.4, 0.5) is 0 Å². The molecule has 214 valence electrons. The van der Waals surface area contributed by atoms with Gasteiger partial charge in [-0.25, -0.2) is 15.0 Å².